The Labute approximate surface area is 132 Å². The summed E-state index contributed by atoms with van der Waals surface area (Å²) < 4.78 is 27.4. The molecule has 0 spiro atoms. The number of nitrogens with zero attached hydrogens (tertiary/aromatic N) is 1. The Hall–Kier alpha value is -1.66. The topological polar surface area (TPSA) is 66.5 Å². The van der Waals surface area contributed by atoms with Gasteiger partial charge >= 0.3 is 0 Å². The van der Waals surface area contributed by atoms with Crippen LogP contribution in [0.3, 0.4) is 0 Å². The van der Waals surface area contributed by atoms with Crippen molar-refractivity contribution in [2.75, 3.05) is 13.1 Å². The molecule has 1 aliphatic heterocycles. The van der Waals surface area contributed by atoms with Crippen LogP contribution in [0.2, 0.25) is 0 Å². The fraction of sp³-hybridized carbons (Fsp3) is 0.438. The number of carbonyl (C=O) groups is 1. The molecule has 0 saturated carbocycles. The minimum Gasteiger partial charge on any atom is -0.338 e. The van der Waals surface area contributed by atoms with Gasteiger partial charge in [0.05, 0.1) is 4.90 Å². The van der Waals surface area contributed by atoms with E-state index in [-0.39, 0.29) is 16.8 Å². The summed E-state index contributed by atoms with van der Waals surface area (Å²) in [5, 5.41) is 0. The van der Waals surface area contributed by atoms with Crippen molar-refractivity contribution in [2.45, 2.75) is 37.6 Å². The van der Waals surface area contributed by atoms with Crippen molar-refractivity contribution in [1.29, 1.82) is 0 Å². The Kier molecular flexibility index (Phi) is 5.37. The summed E-state index contributed by atoms with van der Waals surface area (Å²) in [6, 6.07) is 8.06. The van der Waals surface area contributed by atoms with Crippen molar-refractivity contribution in [1.82, 2.24) is 9.62 Å². The predicted octanol–water partition coefficient (Wildman–Crippen LogP) is 1.92. The minimum absolute atomic E-state index is 0.0522. The van der Waals surface area contributed by atoms with Gasteiger partial charge in [0.15, 0.2) is 0 Å². The van der Waals surface area contributed by atoms with E-state index < -0.39 is 10.0 Å². The first-order valence-electron chi connectivity index (χ1n) is 7.39. The lowest BCUT2D eigenvalue weighted by Crippen LogP contribution is -2.49. The highest BCUT2D eigenvalue weighted by Gasteiger charge is 2.26. The van der Waals surface area contributed by atoms with E-state index in [0.29, 0.717) is 13.1 Å². The number of amides is 1. The van der Waals surface area contributed by atoms with Crippen LogP contribution in [-0.2, 0) is 14.8 Å². The van der Waals surface area contributed by atoms with E-state index in [4.69, 9.17) is 0 Å². The number of rotatable bonds is 4. The Morgan fingerprint density at radius 2 is 1.95 bits per heavy atom. The number of sulfonamides is 1. The average Bonchev–Trinajstić information content (AvgIpc) is 2.47. The number of likely N-dealkylation sites (tertiary alicyclic amines) is 1. The molecule has 0 bridgehead atoms. The normalized spacial score (nSPS) is 18.8. The number of allylic oxidation sites excluding steroid dienone is 1. The standard InChI is InChI=1S/C16H22N2O3S/c1-13(2)11-16(19)18-10-6-7-14(12-18)17-22(20,21)15-8-4-3-5-9-15/h3-5,8-9,11,14,17H,6-7,10,12H2,1-2H3/t14-/m0/s1. The second-order valence-electron chi connectivity index (χ2n) is 5.78. The van der Waals surface area contributed by atoms with E-state index in [1.54, 1.807) is 41.3 Å². The Morgan fingerprint density at radius 1 is 1.27 bits per heavy atom. The Balaban J connectivity index is 2.04. The molecule has 120 valence electrons. The van der Waals surface area contributed by atoms with Crippen LogP contribution in [0.1, 0.15) is 26.7 Å². The van der Waals surface area contributed by atoms with E-state index in [1.807, 2.05) is 13.8 Å². The maximum atomic E-state index is 12.3. The smallest absolute Gasteiger partial charge is 0.246 e. The second kappa shape index (κ2) is 7.07. The van der Waals surface area contributed by atoms with Crippen LogP contribution < -0.4 is 4.72 Å². The van der Waals surface area contributed by atoms with Crippen molar-refractivity contribution in [3.05, 3.63) is 42.0 Å². The first kappa shape index (κ1) is 16.7. The number of benzene rings is 1. The molecule has 2 rings (SSSR count). The predicted molar refractivity (Wildman–Crippen MR) is 85.8 cm³/mol. The van der Waals surface area contributed by atoms with Crippen molar-refractivity contribution in [3.63, 3.8) is 0 Å². The molecule has 1 amide bonds. The lowest BCUT2D eigenvalue weighted by atomic mass is 10.1. The van der Waals surface area contributed by atoms with E-state index in [2.05, 4.69) is 4.72 Å². The van der Waals surface area contributed by atoms with Crippen molar-refractivity contribution >= 4 is 15.9 Å². The van der Waals surface area contributed by atoms with Gasteiger partial charge in [-0.1, -0.05) is 23.8 Å². The molecule has 1 fully saturated rings. The van der Waals surface area contributed by atoms with Crippen LogP contribution in [-0.4, -0.2) is 38.4 Å². The zero-order chi connectivity index (χ0) is 16.2. The van der Waals surface area contributed by atoms with Crippen LogP contribution in [0.25, 0.3) is 0 Å². The summed E-state index contributed by atoms with van der Waals surface area (Å²) in [6.07, 6.45) is 3.13. The molecular weight excluding hydrogens is 300 g/mol. The SMILES string of the molecule is CC(C)=CC(=O)N1CCC[C@H](NS(=O)(=O)c2ccccc2)C1. The van der Waals surface area contributed by atoms with Gasteiger partial charge in [0.2, 0.25) is 15.9 Å². The first-order valence-corrected chi connectivity index (χ1v) is 8.88. The van der Waals surface area contributed by atoms with Crippen LogP contribution in [0.4, 0.5) is 0 Å². The van der Waals surface area contributed by atoms with Gasteiger partial charge in [0.25, 0.3) is 0 Å². The summed E-state index contributed by atoms with van der Waals surface area (Å²) >= 11 is 0. The van der Waals surface area contributed by atoms with Crippen molar-refractivity contribution in [3.8, 4) is 0 Å². The third-order valence-electron chi connectivity index (χ3n) is 3.52. The van der Waals surface area contributed by atoms with Gasteiger partial charge in [-0.2, -0.15) is 0 Å². The van der Waals surface area contributed by atoms with Gasteiger partial charge < -0.3 is 4.90 Å². The third kappa shape index (κ3) is 4.42. The summed E-state index contributed by atoms with van der Waals surface area (Å²) in [7, 11) is -3.54. The Morgan fingerprint density at radius 3 is 2.59 bits per heavy atom. The molecule has 1 saturated heterocycles. The highest BCUT2D eigenvalue weighted by molar-refractivity contribution is 7.89. The van der Waals surface area contributed by atoms with Gasteiger partial charge in [-0.15, -0.1) is 0 Å². The molecule has 0 unspecified atom stereocenters. The molecule has 5 nitrogen and oxygen atoms in total. The number of carbonyl (C=O) groups excluding carboxylic acids is 1. The van der Waals surface area contributed by atoms with E-state index in [1.165, 1.54) is 0 Å². The fourth-order valence-corrected chi connectivity index (χ4v) is 3.78. The summed E-state index contributed by atoms with van der Waals surface area (Å²) in [4.78, 5) is 14.0. The van der Waals surface area contributed by atoms with Gasteiger partial charge in [0, 0.05) is 25.2 Å². The highest BCUT2D eigenvalue weighted by Crippen LogP contribution is 2.15. The molecular formula is C16H22N2O3S. The number of piperidine rings is 1. The molecule has 1 aromatic rings. The van der Waals surface area contributed by atoms with Crippen molar-refractivity contribution < 1.29 is 13.2 Å². The molecule has 22 heavy (non-hydrogen) atoms. The molecule has 1 heterocycles. The maximum Gasteiger partial charge on any atom is 0.246 e. The monoisotopic (exact) mass is 322 g/mol. The van der Waals surface area contributed by atoms with Crippen LogP contribution >= 0.6 is 0 Å². The van der Waals surface area contributed by atoms with Crippen LogP contribution in [0, 0.1) is 0 Å². The van der Waals surface area contributed by atoms with Gasteiger partial charge in [-0.25, -0.2) is 13.1 Å². The molecule has 0 aliphatic carbocycles. The zero-order valence-electron chi connectivity index (χ0n) is 13.0. The summed E-state index contributed by atoms with van der Waals surface area (Å²) in [5.41, 5.74) is 0.942. The lowest BCUT2D eigenvalue weighted by Gasteiger charge is -2.32. The number of hydrogen-bond acceptors (Lipinski definition) is 3. The third-order valence-corrected chi connectivity index (χ3v) is 5.06. The van der Waals surface area contributed by atoms with Crippen LogP contribution in [0.15, 0.2) is 46.9 Å². The van der Waals surface area contributed by atoms with Gasteiger partial charge in [-0.05, 0) is 38.8 Å². The maximum absolute atomic E-state index is 12.3. The molecule has 6 heteroatoms. The van der Waals surface area contributed by atoms with Crippen molar-refractivity contribution in [2.24, 2.45) is 0 Å². The fourth-order valence-electron chi connectivity index (χ4n) is 2.50. The first-order chi connectivity index (χ1) is 10.4. The van der Waals surface area contributed by atoms with E-state index in [0.717, 1.165) is 18.4 Å². The minimum atomic E-state index is -3.54. The summed E-state index contributed by atoms with van der Waals surface area (Å²) in [5.74, 6) is -0.0522. The molecule has 1 N–H and O–H groups in total. The Bertz CT molecular complexity index is 649. The second-order valence-corrected chi connectivity index (χ2v) is 7.49. The molecule has 0 aromatic heterocycles. The number of hydrogen-bond donors (Lipinski definition) is 1. The van der Waals surface area contributed by atoms with Crippen LogP contribution in [0.5, 0.6) is 0 Å². The lowest BCUT2D eigenvalue weighted by molar-refractivity contribution is -0.127. The molecule has 1 aromatic carbocycles. The average molecular weight is 322 g/mol. The molecule has 1 atom stereocenters. The van der Waals surface area contributed by atoms with E-state index in [9.17, 15) is 13.2 Å². The molecule has 0 radical (unpaired) electrons. The molecule has 1 aliphatic rings. The highest BCUT2D eigenvalue weighted by atomic mass is 32.2. The van der Waals surface area contributed by atoms with E-state index >= 15 is 0 Å². The zero-order valence-corrected chi connectivity index (χ0v) is 13.8. The quantitative estimate of drug-likeness (QED) is 0.861. The van der Waals surface area contributed by atoms with Gasteiger partial charge in [0.1, 0.15) is 0 Å². The largest absolute Gasteiger partial charge is 0.338 e. The summed E-state index contributed by atoms with van der Waals surface area (Å²) in [6.45, 7) is 4.83. The van der Waals surface area contributed by atoms with Gasteiger partial charge in [-0.3, -0.25) is 4.79 Å². The number of nitrogens with one attached hydrogen (secondary N) is 1.